The fourth-order valence-electron chi connectivity index (χ4n) is 2.83. The normalized spacial score (nSPS) is 22.8. The molecule has 2 nitrogen and oxygen atoms in total. The van der Waals surface area contributed by atoms with Crippen molar-refractivity contribution in [1.29, 1.82) is 0 Å². The first-order valence-corrected chi connectivity index (χ1v) is 7.57. The Morgan fingerprint density at radius 1 is 1.42 bits per heavy atom. The highest BCUT2D eigenvalue weighted by molar-refractivity contribution is 6.18. The molecule has 1 aromatic rings. The van der Waals surface area contributed by atoms with Crippen LogP contribution in [0.3, 0.4) is 0 Å². The number of amides is 1. The highest BCUT2D eigenvalue weighted by Crippen LogP contribution is 2.25. The summed E-state index contributed by atoms with van der Waals surface area (Å²) >= 11 is 5.99. The minimum absolute atomic E-state index is 0.228. The van der Waals surface area contributed by atoms with Gasteiger partial charge >= 0.3 is 0 Å². The van der Waals surface area contributed by atoms with Gasteiger partial charge in [0.15, 0.2) is 0 Å². The molecule has 0 N–H and O–H groups in total. The Hall–Kier alpha value is -1.02. The van der Waals surface area contributed by atoms with Gasteiger partial charge in [-0.2, -0.15) is 0 Å². The number of benzene rings is 1. The van der Waals surface area contributed by atoms with Gasteiger partial charge in [0.25, 0.3) is 0 Å². The predicted octanol–water partition coefficient (Wildman–Crippen LogP) is 3.40. The minimum atomic E-state index is 0.228. The molecule has 1 saturated heterocycles. The van der Waals surface area contributed by atoms with Gasteiger partial charge in [-0.05, 0) is 36.8 Å². The molecule has 0 radical (unpaired) electrons. The van der Waals surface area contributed by atoms with Gasteiger partial charge in [0.05, 0.1) is 0 Å². The molecule has 1 heterocycles. The lowest BCUT2D eigenvalue weighted by Crippen LogP contribution is -2.38. The van der Waals surface area contributed by atoms with E-state index < -0.39 is 0 Å². The Balaban J connectivity index is 1.93. The Morgan fingerprint density at radius 3 is 2.84 bits per heavy atom. The molecule has 0 saturated carbocycles. The molecule has 3 heteroatoms. The van der Waals surface area contributed by atoms with E-state index in [0.29, 0.717) is 18.2 Å². The SMILES string of the molecule is Cc1ccccc1CCC(=O)N1CCC(C)C1CCl. The Bertz CT molecular complexity index is 446. The first-order chi connectivity index (χ1) is 9.13. The fraction of sp³-hybridized carbons (Fsp3) is 0.562. The molecule has 1 aliphatic rings. The second-order valence-electron chi connectivity index (χ2n) is 5.50. The van der Waals surface area contributed by atoms with E-state index in [9.17, 15) is 4.79 Å². The second-order valence-corrected chi connectivity index (χ2v) is 5.81. The summed E-state index contributed by atoms with van der Waals surface area (Å²) in [5.41, 5.74) is 2.53. The molecule has 1 aromatic carbocycles. The van der Waals surface area contributed by atoms with Crippen molar-refractivity contribution >= 4 is 17.5 Å². The van der Waals surface area contributed by atoms with Gasteiger partial charge < -0.3 is 4.90 Å². The van der Waals surface area contributed by atoms with Crippen LogP contribution in [0.4, 0.5) is 0 Å². The van der Waals surface area contributed by atoms with E-state index in [0.717, 1.165) is 19.4 Å². The van der Waals surface area contributed by atoms with Crippen molar-refractivity contribution in [3.05, 3.63) is 35.4 Å². The number of carbonyl (C=O) groups is 1. The first kappa shape index (κ1) is 14.4. The molecule has 0 bridgehead atoms. The van der Waals surface area contributed by atoms with Crippen molar-refractivity contribution in [3.8, 4) is 0 Å². The lowest BCUT2D eigenvalue weighted by molar-refractivity contribution is -0.131. The van der Waals surface area contributed by atoms with Crippen molar-refractivity contribution in [2.24, 2.45) is 5.92 Å². The van der Waals surface area contributed by atoms with Gasteiger partial charge in [-0.1, -0.05) is 31.2 Å². The van der Waals surface area contributed by atoms with E-state index >= 15 is 0 Å². The summed E-state index contributed by atoms with van der Waals surface area (Å²) in [5.74, 6) is 1.33. The van der Waals surface area contributed by atoms with E-state index in [1.807, 2.05) is 17.0 Å². The number of likely N-dealkylation sites (tertiary alicyclic amines) is 1. The lowest BCUT2D eigenvalue weighted by atomic mass is 10.0. The molecule has 19 heavy (non-hydrogen) atoms. The maximum absolute atomic E-state index is 12.3. The molecule has 2 unspecified atom stereocenters. The molecule has 104 valence electrons. The number of carbonyl (C=O) groups excluding carboxylic acids is 1. The molecule has 0 spiro atoms. The monoisotopic (exact) mass is 279 g/mol. The predicted molar refractivity (Wildman–Crippen MR) is 79.5 cm³/mol. The minimum Gasteiger partial charge on any atom is -0.338 e. The summed E-state index contributed by atoms with van der Waals surface area (Å²) in [6, 6.07) is 8.50. The van der Waals surface area contributed by atoms with E-state index in [-0.39, 0.29) is 11.9 Å². The van der Waals surface area contributed by atoms with Gasteiger partial charge in [-0.3, -0.25) is 4.79 Å². The number of nitrogens with zero attached hydrogens (tertiary/aromatic N) is 1. The number of aryl methyl sites for hydroxylation is 2. The Kier molecular flexibility index (Phi) is 4.87. The summed E-state index contributed by atoms with van der Waals surface area (Å²) < 4.78 is 0. The van der Waals surface area contributed by atoms with Crippen LogP contribution in [0.2, 0.25) is 0 Å². The van der Waals surface area contributed by atoms with Crippen molar-refractivity contribution in [3.63, 3.8) is 0 Å². The molecular formula is C16H22ClNO. The molecule has 2 rings (SSSR count). The Labute approximate surface area is 120 Å². The average Bonchev–Trinajstić information content (AvgIpc) is 2.78. The third kappa shape index (κ3) is 3.30. The van der Waals surface area contributed by atoms with Crippen molar-refractivity contribution < 1.29 is 4.79 Å². The van der Waals surface area contributed by atoms with Crippen LogP contribution in [0.15, 0.2) is 24.3 Å². The van der Waals surface area contributed by atoms with Crippen LogP contribution in [0, 0.1) is 12.8 Å². The molecule has 1 amide bonds. The highest BCUT2D eigenvalue weighted by Gasteiger charge is 2.33. The van der Waals surface area contributed by atoms with Gasteiger partial charge in [-0.25, -0.2) is 0 Å². The standard InChI is InChI=1S/C16H22ClNO/c1-12-5-3-4-6-14(12)7-8-16(19)18-10-9-13(2)15(18)11-17/h3-6,13,15H,7-11H2,1-2H3. The van der Waals surface area contributed by atoms with E-state index in [1.54, 1.807) is 0 Å². The number of hydrogen-bond donors (Lipinski definition) is 0. The summed E-state index contributed by atoms with van der Waals surface area (Å²) in [6.45, 7) is 5.14. The smallest absolute Gasteiger partial charge is 0.223 e. The summed E-state index contributed by atoms with van der Waals surface area (Å²) in [6.07, 6.45) is 2.49. The van der Waals surface area contributed by atoms with Gasteiger partial charge in [0, 0.05) is 24.9 Å². The van der Waals surface area contributed by atoms with Crippen molar-refractivity contribution in [2.75, 3.05) is 12.4 Å². The van der Waals surface area contributed by atoms with Gasteiger partial charge in [0.1, 0.15) is 0 Å². The van der Waals surface area contributed by atoms with E-state index in [1.165, 1.54) is 11.1 Å². The molecule has 1 aliphatic heterocycles. The topological polar surface area (TPSA) is 20.3 Å². The summed E-state index contributed by atoms with van der Waals surface area (Å²) in [4.78, 5) is 14.3. The van der Waals surface area contributed by atoms with Crippen LogP contribution < -0.4 is 0 Å². The van der Waals surface area contributed by atoms with Gasteiger partial charge in [0.2, 0.25) is 5.91 Å². The quantitative estimate of drug-likeness (QED) is 0.774. The zero-order valence-electron chi connectivity index (χ0n) is 11.7. The third-order valence-corrected chi connectivity index (χ3v) is 4.55. The molecule has 0 aromatic heterocycles. The fourth-order valence-corrected chi connectivity index (χ4v) is 3.30. The third-order valence-electron chi connectivity index (χ3n) is 4.23. The number of rotatable bonds is 4. The van der Waals surface area contributed by atoms with Crippen molar-refractivity contribution in [2.45, 2.75) is 39.2 Å². The van der Waals surface area contributed by atoms with E-state index in [2.05, 4.69) is 26.0 Å². The van der Waals surface area contributed by atoms with Gasteiger partial charge in [-0.15, -0.1) is 11.6 Å². The van der Waals surface area contributed by atoms with Crippen LogP contribution in [0.25, 0.3) is 0 Å². The first-order valence-electron chi connectivity index (χ1n) is 7.03. The lowest BCUT2D eigenvalue weighted by Gasteiger charge is -2.25. The van der Waals surface area contributed by atoms with Crippen molar-refractivity contribution in [1.82, 2.24) is 4.90 Å². The second kappa shape index (κ2) is 6.42. The number of alkyl halides is 1. The molecular weight excluding hydrogens is 258 g/mol. The zero-order chi connectivity index (χ0) is 13.8. The molecule has 2 atom stereocenters. The number of halogens is 1. The van der Waals surface area contributed by atoms with E-state index in [4.69, 9.17) is 11.6 Å². The van der Waals surface area contributed by atoms with Crippen LogP contribution in [0.1, 0.15) is 30.9 Å². The summed E-state index contributed by atoms with van der Waals surface area (Å²) in [5, 5.41) is 0. The largest absolute Gasteiger partial charge is 0.338 e. The zero-order valence-corrected chi connectivity index (χ0v) is 12.5. The highest BCUT2D eigenvalue weighted by atomic mass is 35.5. The molecule has 1 fully saturated rings. The van der Waals surface area contributed by atoms with Crippen LogP contribution in [-0.4, -0.2) is 29.3 Å². The molecule has 0 aliphatic carbocycles. The maximum Gasteiger partial charge on any atom is 0.223 e. The summed E-state index contributed by atoms with van der Waals surface area (Å²) in [7, 11) is 0. The number of hydrogen-bond acceptors (Lipinski definition) is 1. The van der Waals surface area contributed by atoms with Crippen LogP contribution in [-0.2, 0) is 11.2 Å². The van der Waals surface area contributed by atoms with Crippen LogP contribution >= 0.6 is 11.6 Å². The average molecular weight is 280 g/mol. The maximum atomic E-state index is 12.3. The van der Waals surface area contributed by atoms with Crippen LogP contribution in [0.5, 0.6) is 0 Å². The Morgan fingerprint density at radius 2 is 2.16 bits per heavy atom.